The van der Waals surface area contributed by atoms with Gasteiger partial charge in [-0.3, -0.25) is 0 Å². The summed E-state index contributed by atoms with van der Waals surface area (Å²) in [5.74, 6) is 0. The van der Waals surface area contributed by atoms with E-state index in [4.69, 9.17) is 18.9 Å². The summed E-state index contributed by atoms with van der Waals surface area (Å²) in [5.41, 5.74) is 0.112. The summed E-state index contributed by atoms with van der Waals surface area (Å²) in [6.07, 6.45) is 12.0. The first-order chi connectivity index (χ1) is 11.7. The van der Waals surface area contributed by atoms with Crippen LogP contribution < -0.4 is 0 Å². The normalized spacial score (nSPS) is 21.2. The molecule has 0 aromatic heterocycles. The van der Waals surface area contributed by atoms with Gasteiger partial charge in [-0.25, -0.2) is 0 Å². The van der Waals surface area contributed by atoms with Crippen LogP contribution in [0.15, 0.2) is 0 Å². The predicted octanol–water partition coefficient (Wildman–Crippen LogP) is 4.50. The zero-order valence-corrected chi connectivity index (χ0v) is 15.9. The van der Waals surface area contributed by atoms with E-state index in [0.717, 1.165) is 52.5 Å². The highest BCUT2D eigenvalue weighted by Gasteiger charge is 2.38. The number of rotatable bonds is 15. The van der Waals surface area contributed by atoms with Gasteiger partial charge in [0, 0.05) is 26.4 Å². The summed E-state index contributed by atoms with van der Waals surface area (Å²) < 4.78 is 23.4. The van der Waals surface area contributed by atoms with Gasteiger partial charge in [-0.05, 0) is 65.2 Å². The summed E-state index contributed by atoms with van der Waals surface area (Å²) >= 11 is 0. The fraction of sp³-hybridized carbons (Fsp3) is 1.00. The molecule has 0 amide bonds. The first-order valence-electron chi connectivity index (χ1n) is 10.2. The number of unbranched alkanes of at least 4 members (excludes halogenated alkanes) is 3. The van der Waals surface area contributed by atoms with Crippen LogP contribution in [0.2, 0.25) is 0 Å². The molecule has 4 nitrogen and oxygen atoms in total. The molecule has 2 rings (SSSR count). The lowest BCUT2D eigenvalue weighted by Crippen LogP contribution is -2.44. The standard InChI is InChI=1S/C20H38O4/c1-3-23-19(11-9-12-19)17-21-15-7-5-6-8-16-22-18-20(24-4-2)13-10-14-20/h3-18H2,1-2H3. The molecule has 0 atom stereocenters. The van der Waals surface area contributed by atoms with Crippen LogP contribution in [0.4, 0.5) is 0 Å². The molecule has 4 heteroatoms. The van der Waals surface area contributed by atoms with Crippen LogP contribution in [0.25, 0.3) is 0 Å². The van der Waals surface area contributed by atoms with Crippen molar-refractivity contribution in [3.8, 4) is 0 Å². The van der Waals surface area contributed by atoms with Crippen molar-refractivity contribution in [1.82, 2.24) is 0 Å². The molecule has 0 aromatic rings. The van der Waals surface area contributed by atoms with E-state index in [-0.39, 0.29) is 11.2 Å². The molecule has 0 aromatic carbocycles. The highest BCUT2D eigenvalue weighted by molar-refractivity contribution is 4.90. The molecule has 2 saturated carbocycles. The van der Waals surface area contributed by atoms with Gasteiger partial charge in [-0.15, -0.1) is 0 Å². The zero-order valence-electron chi connectivity index (χ0n) is 15.9. The Labute approximate surface area is 148 Å². The van der Waals surface area contributed by atoms with E-state index in [1.165, 1.54) is 51.4 Å². The van der Waals surface area contributed by atoms with Crippen LogP contribution >= 0.6 is 0 Å². The van der Waals surface area contributed by atoms with Crippen molar-refractivity contribution in [3.63, 3.8) is 0 Å². The minimum absolute atomic E-state index is 0.0562. The first-order valence-corrected chi connectivity index (χ1v) is 10.2. The maximum Gasteiger partial charge on any atom is 0.0914 e. The Morgan fingerprint density at radius 2 is 1.04 bits per heavy atom. The maximum atomic E-state index is 5.84. The SMILES string of the molecule is CCOC1(COCCCCCCOCC2(OCC)CCC2)CCC1. The first kappa shape index (κ1) is 20.2. The quantitative estimate of drug-likeness (QED) is 0.411. The molecule has 142 valence electrons. The molecule has 2 fully saturated rings. The van der Waals surface area contributed by atoms with Crippen molar-refractivity contribution in [2.45, 2.75) is 89.3 Å². The van der Waals surface area contributed by atoms with Gasteiger partial charge >= 0.3 is 0 Å². The molecule has 0 heterocycles. The Balaban J connectivity index is 1.37. The van der Waals surface area contributed by atoms with Crippen LogP contribution in [-0.2, 0) is 18.9 Å². The smallest absolute Gasteiger partial charge is 0.0914 e. The minimum Gasteiger partial charge on any atom is -0.378 e. The van der Waals surface area contributed by atoms with Gasteiger partial charge in [0.25, 0.3) is 0 Å². The van der Waals surface area contributed by atoms with E-state index in [2.05, 4.69) is 13.8 Å². The third-order valence-electron chi connectivity index (χ3n) is 5.49. The van der Waals surface area contributed by atoms with Crippen molar-refractivity contribution >= 4 is 0 Å². The van der Waals surface area contributed by atoms with Crippen LogP contribution in [0, 0.1) is 0 Å². The van der Waals surface area contributed by atoms with E-state index in [1.807, 2.05) is 0 Å². The Morgan fingerprint density at radius 1 is 0.625 bits per heavy atom. The average molecular weight is 343 g/mol. The Morgan fingerprint density at radius 3 is 1.33 bits per heavy atom. The highest BCUT2D eigenvalue weighted by atomic mass is 16.5. The van der Waals surface area contributed by atoms with Crippen LogP contribution in [-0.4, -0.2) is 50.8 Å². The number of ether oxygens (including phenoxy) is 4. The summed E-state index contributed by atoms with van der Waals surface area (Å²) in [6, 6.07) is 0. The third-order valence-corrected chi connectivity index (χ3v) is 5.49. The molecular formula is C20H38O4. The largest absolute Gasteiger partial charge is 0.378 e. The molecule has 0 radical (unpaired) electrons. The van der Waals surface area contributed by atoms with Gasteiger partial charge in [-0.1, -0.05) is 12.8 Å². The lowest BCUT2D eigenvalue weighted by molar-refractivity contribution is -0.139. The van der Waals surface area contributed by atoms with E-state index in [9.17, 15) is 0 Å². The van der Waals surface area contributed by atoms with Crippen LogP contribution in [0.1, 0.15) is 78.1 Å². The second kappa shape index (κ2) is 10.7. The van der Waals surface area contributed by atoms with Crippen molar-refractivity contribution in [3.05, 3.63) is 0 Å². The Bertz CT molecular complexity index is 292. The highest BCUT2D eigenvalue weighted by Crippen LogP contribution is 2.36. The summed E-state index contributed by atoms with van der Waals surface area (Å²) in [5, 5.41) is 0. The van der Waals surface area contributed by atoms with Crippen molar-refractivity contribution in [2.75, 3.05) is 39.6 Å². The maximum absolute atomic E-state index is 5.84. The summed E-state index contributed by atoms with van der Waals surface area (Å²) in [7, 11) is 0. The number of hydrogen-bond acceptors (Lipinski definition) is 4. The van der Waals surface area contributed by atoms with E-state index >= 15 is 0 Å². The molecule has 0 N–H and O–H groups in total. The second-order valence-corrected chi connectivity index (χ2v) is 7.46. The molecule has 2 aliphatic rings. The van der Waals surface area contributed by atoms with Gasteiger partial charge in [0.05, 0.1) is 24.4 Å². The van der Waals surface area contributed by atoms with Gasteiger partial charge in [0.2, 0.25) is 0 Å². The zero-order chi connectivity index (χ0) is 17.1. The molecule has 0 aliphatic heterocycles. The van der Waals surface area contributed by atoms with Crippen molar-refractivity contribution in [1.29, 1.82) is 0 Å². The van der Waals surface area contributed by atoms with Crippen molar-refractivity contribution < 1.29 is 18.9 Å². The lowest BCUT2D eigenvalue weighted by Gasteiger charge is -2.41. The molecular weight excluding hydrogens is 304 g/mol. The Hall–Kier alpha value is -0.160. The predicted molar refractivity (Wildman–Crippen MR) is 96.5 cm³/mol. The minimum atomic E-state index is 0.0562. The van der Waals surface area contributed by atoms with E-state index in [1.54, 1.807) is 0 Å². The fourth-order valence-corrected chi connectivity index (χ4v) is 3.69. The van der Waals surface area contributed by atoms with E-state index < -0.39 is 0 Å². The molecule has 24 heavy (non-hydrogen) atoms. The Kier molecular flexibility index (Phi) is 9.02. The van der Waals surface area contributed by atoms with Gasteiger partial charge in [0.15, 0.2) is 0 Å². The molecule has 2 aliphatic carbocycles. The van der Waals surface area contributed by atoms with Gasteiger partial charge < -0.3 is 18.9 Å². The number of hydrogen-bond donors (Lipinski definition) is 0. The third kappa shape index (κ3) is 6.29. The topological polar surface area (TPSA) is 36.9 Å². The molecule has 0 spiro atoms. The average Bonchev–Trinajstić information content (AvgIpc) is 2.51. The van der Waals surface area contributed by atoms with Crippen molar-refractivity contribution in [2.24, 2.45) is 0 Å². The van der Waals surface area contributed by atoms with Gasteiger partial charge in [-0.2, -0.15) is 0 Å². The molecule has 0 saturated heterocycles. The molecule has 0 unspecified atom stereocenters. The van der Waals surface area contributed by atoms with E-state index in [0.29, 0.717) is 0 Å². The van der Waals surface area contributed by atoms with Crippen LogP contribution in [0.5, 0.6) is 0 Å². The summed E-state index contributed by atoms with van der Waals surface area (Å²) in [6.45, 7) is 9.04. The fourth-order valence-electron chi connectivity index (χ4n) is 3.69. The summed E-state index contributed by atoms with van der Waals surface area (Å²) in [4.78, 5) is 0. The van der Waals surface area contributed by atoms with Crippen LogP contribution in [0.3, 0.4) is 0 Å². The van der Waals surface area contributed by atoms with Gasteiger partial charge in [0.1, 0.15) is 0 Å². The lowest BCUT2D eigenvalue weighted by atomic mass is 9.80. The monoisotopic (exact) mass is 342 g/mol. The molecule has 0 bridgehead atoms. The second-order valence-electron chi connectivity index (χ2n) is 7.46.